The highest BCUT2D eigenvalue weighted by Crippen LogP contribution is 2.14. The second-order valence-corrected chi connectivity index (χ2v) is 4.35. The van der Waals surface area contributed by atoms with Crippen LogP contribution in [-0.4, -0.2) is 17.8 Å². The van der Waals surface area contributed by atoms with Gasteiger partial charge in [-0.15, -0.1) is 0 Å². The summed E-state index contributed by atoms with van der Waals surface area (Å²) in [6.45, 7) is 4.59. The molecule has 2 N–H and O–H groups in total. The number of aromatic nitrogens is 1. The summed E-state index contributed by atoms with van der Waals surface area (Å²) in [6, 6.07) is 3.78. The normalized spacial score (nSPS) is 20.2. The second-order valence-electron chi connectivity index (χ2n) is 4.35. The highest BCUT2D eigenvalue weighted by Gasteiger charge is 2.17. The summed E-state index contributed by atoms with van der Waals surface area (Å²) in [5.41, 5.74) is 7.27. The summed E-state index contributed by atoms with van der Waals surface area (Å²) in [6.07, 6.45) is 1.04. The van der Waals surface area contributed by atoms with Gasteiger partial charge in [-0.25, -0.2) is 0 Å². The molecule has 0 spiro atoms. The van der Waals surface area contributed by atoms with Gasteiger partial charge < -0.3 is 15.0 Å². The van der Waals surface area contributed by atoms with Crippen LogP contribution in [0.5, 0.6) is 0 Å². The Morgan fingerprint density at radius 3 is 3.00 bits per heavy atom. The van der Waals surface area contributed by atoms with Crippen molar-refractivity contribution in [1.29, 1.82) is 0 Å². The summed E-state index contributed by atoms with van der Waals surface area (Å²) in [5, 5.41) is 0. The third-order valence-corrected chi connectivity index (χ3v) is 3.16. The van der Waals surface area contributed by atoms with E-state index in [1.807, 2.05) is 23.6 Å². The smallest absolute Gasteiger partial charge is 0.255 e. The van der Waals surface area contributed by atoms with Crippen LogP contribution in [0.3, 0.4) is 0 Å². The van der Waals surface area contributed by atoms with Crippen LogP contribution in [0, 0.1) is 12.8 Å². The van der Waals surface area contributed by atoms with E-state index in [1.54, 1.807) is 0 Å². The van der Waals surface area contributed by atoms with Gasteiger partial charge in [-0.1, -0.05) is 6.07 Å². The van der Waals surface area contributed by atoms with E-state index in [0.717, 1.165) is 31.9 Å². The Balaban J connectivity index is 2.27. The van der Waals surface area contributed by atoms with Crippen molar-refractivity contribution < 1.29 is 4.74 Å². The minimum atomic E-state index is 0.0504. The van der Waals surface area contributed by atoms with Gasteiger partial charge in [0.05, 0.1) is 6.61 Å². The molecule has 88 valence electrons. The Morgan fingerprint density at radius 2 is 2.38 bits per heavy atom. The number of ether oxygens (including phenoxy) is 1. The lowest BCUT2D eigenvalue weighted by Crippen LogP contribution is -2.29. The maximum atomic E-state index is 12.1. The summed E-state index contributed by atoms with van der Waals surface area (Å²) >= 11 is 0. The molecule has 16 heavy (non-hydrogen) atoms. The predicted molar refractivity (Wildman–Crippen MR) is 62.3 cm³/mol. The van der Waals surface area contributed by atoms with Gasteiger partial charge in [-0.3, -0.25) is 4.79 Å². The molecule has 1 saturated heterocycles. The number of nitrogens with two attached hydrogens (primary N) is 1. The summed E-state index contributed by atoms with van der Waals surface area (Å²) in [7, 11) is 0. The summed E-state index contributed by atoms with van der Waals surface area (Å²) in [5.74, 6) is 0.462. The number of rotatable bonds is 3. The molecule has 1 aromatic rings. The second kappa shape index (κ2) is 4.80. The molecule has 1 fully saturated rings. The first-order valence-corrected chi connectivity index (χ1v) is 5.69. The highest BCUT2D eigenvalue weighted by molar-refractivity contribution is 5.15. The summed E-state index contributed by atoms with van der Waals surface area (Å²) in [4.78, 5) is 12.1. The highest BCUT2D eigenvalue weighted by atomic mass is 16.5. The van der Waals surface area contributed by atoms with Crippen LogP contribution in [0.1, 0.15) is 17.7 Å². The monoisotopic (exact) mass is 222 g/mol. The zero-order valence-corrected chi connectivity index (χ0v) is 9.61. The molecule has 0 saturated carbocycles. The molecule has 2 heterocycles. The van der Waals surface area contributed by atoms with Crippen LogP contribution in [-0.2, 0) is 17.8 Å². The van der Waals surface area contributed by atoms with Crippen LogP contribution < -0.4 is 11.3 Å². The lowest BCUT2D eigenvalue weighted by molar-refractivity contribution is 0.182. The molecule has 1 unspecified atom stereocenters. The Kier molecular flexibility index (Phi) is 3.41. The average molecular weight is 222 g/mol. The third kappa shape index (κ3) is 2.18. The number of pyridine rings is 1. The molecule has 1 aromatic heterocycles. The van der Waals surface area contributed by atoms with Crippen molar-refractivity contribution >= 4 is 0 Å². The maximum Gasteiger partial charge on any atom is 0.255 e. The lowest BCUT2D eigenvalue weighted by Gasteiger charge is -2.14. The molecule has 0 radical (unpaired) electrons. The van der Waals surface area contributed by atoms with Gasteiger partial charge >= 0.3 is 0 Å². The molecule has 1 atom stereocenters. The van der Waals surface area contributed by atoms with E-state index in [1.165, 1.54) is 0 Å². The molecular weight excluding hydrogens is 204 g/mol. The Bertz CT molecular complexity index is 420. The minimum absolute atomic E-state index is 0.0504. The SMILES string of the molecule is Cc1ccc(CN)c(=O)n1CC1CCOC1. The van der Waals surface area contributed by atoms with Crippen molar-refractivity contribution in [3.8, 4) is 0 Å². The Morgan fingerprint density at radius 1 is 1.56 bits per heavy atom. The molecule has 0 bridgehead atoms. The van der Waals surface area contributed by atoms with Crippen LogP contribution in [0.2, 0.25) is 0 Å². The third-order valence-electron chi connectivity index (χ3n) is 3.16. The van der Waals surface area contributed by atoms with Crippen LogP contribution >= 0.6 is 0 Å². The van der Waals surface area contributed by atoms with Gasteiger partial charge in [0.15, 0.2) is 0 Å². The molecule has 0 amide bonds. The standard InChI is InChI=1S/C12H18N2O2/c1-9-2-3-11(6-13)12(15)14(9)7-10-4-5-16-8-10/h2-3,10H,4-8,13H2,1H3. The topological polar surface area (TPSA) is 57.2 Å². The van der Waals surface area contributed by atoms with Gasteiger partial charge in [0.25, 0.3) is 5.56 Å². The molecule has 2 rings (SSSR count). The number of nitrogens with zero attached hydrogens (tertiary/aromatic N) is 1. The molecule has 1 aliphatic rings. The zero-order chi connectivity index (χ0) is 11.5. The van der Waals surface area contributed by atoms with Crippen molar-refractivity contribution in [2.75, 3.05) is 13.2 Å². The van der Waals surface area contributed by atoms with Crippen molar-refractivity contribution in [2.24, 2.45) is 11.7 Å². The van der Waals surface area contributed by atoms with Gasteiger partial charge in [0.2, 0.25) is 0 Å². The first-order valence-electron chi connectivity index (χ1n) is 5.69. The molecular formula is C12H18N2O2. The molecule has 0 aromatic carbocycles. The fraction of sp³-hybridized carbons (Fsp3) is 0.583. The van der Waals surface area contributed by atoms with E-state index >= 15 is 0 Å². The van der Waals surface area contributed by atoms with E-state index in [-0.39, 0.29) is 5.56 Å². The van der Waals surface area contributed by atoms with Gasteiger partial charge in [-0.05, 0) is 19.4 Å². The fourth-order valence-electron chi connectivity index (χ4n) is 2.08. The van der Waals surface area contributed by atoms with Gasteiger partial charge in [0, 0.05) is 36.9 Å². The Labute approximate surface area is 95.0 Å². The van der Waals surface area contributed by atoms with E-state index in [2.05, 4.69) is 0 Å². The van der Waals surface area contributed by atoms with Crippen molar-refractivity contribution in [3.63, 3.8) is 0 Å². The summed E-state index contributed by atoms with van der Waals surface area (Å²) < 4.78 is 7.15. The Hall–Kier alpha value is -1.13. The van der Waals surface area contributed by atoms with E-state index in [0.29, 0.717) is 18.0 Å². The van der Waals surface area contributed by atoms with E-state index < -0.39 is 0 Å². The van der Waals surface area contributed by atoms with Crippen LogP contribution in [0.4, 0.5) is 0 Å². The quantitative estimate of drug-likeness (QED) is 0.817. The van der Waals surface area contributed by atoms with Crippen LogP contribution in [0.25, 0.3) is 0 Å². The molecule has 0 aliphatic carbocycles. The number of hydrogen-bond donors (Lipinski definition) is 1. The van der Waals surface area contributed by atoms with Crippen LogP contribution in [0.15, 0.2) is 16.9 Å². The van der Waals surface area contributed by atoms with Gasteiger partial charge in [-0.2, -0.15) is 0 Å². The predicted octanol–water partition coefficient (Wildman–Crippen LogP) is 0.652. The number of hydrogen-bond acceptors (Lipinski definition) is 3. The first-order chi connectivity index (χ1) is 7.72. The minimum Gasteiger partial charge on any atom is -0.381 e. The van der Waals surface area contributed by atoms with Gasteiger partial charge in [0.1, 0.15) is 0 Å². The molecule has 4 nitrogen and oxygen atoms in total. The zero-order valence-electron chi connectivity index (χ0n) is 9.61. The van der Waals surface area contributed by atoms with Crippen molar-refractivity contribution in [2.45, 2.75) is 26.4 Å². The maximum absolute atomic E-state index is 12.1. The molecule has 1 aliphatic heterocycles. The first kappa shape index (κ1) is 11.4. The number of aryl methyl sites for hydroxylation is 1. The lowest BCUT2D eigenvalue weighted by atomic mass is 10.1. The molecule has 4 heteroatoms. The van der Waals surface area contributed by atoms with Crippen molar-refractivity contribution in [1.82, 2.24) is 4.57 Å². The largest absolute Gasteiger partial charge is 0.381 e. The van der Waals surface area contributed by atoms with E-state index in [9.17, 15) is 4.79 Å². The van der Waals surface area contributed by atoms with E-state index in [4.69, 9.17) is 10.5 Å². The van der Waals surface area contributed by atoms with Crippen molar-refractivity contribution in [3.05, 3.63) is 33.7 Å². The average Bonchev–Trinajstić information content (AvgIpc) is 2.77. The fourth-order valence-corrected chi connectivity index (χ4v) is 2.08.